The molecule has 0 fully saturated rings. The first-order valence-corrected chi connectivity index (χ1v) is 3.66. The summed E-state index contributed by atoms with van der Waals surface area (Å²) in [6.45, 7) is 2.05. The Balaban J connectivity index is 2.65. The Labute approximate surface area is 61.6 Å². The van der Waals surface area contributed by atoms with Gasteiger partial charge in [0.25, 0.3) is 0 Å². The van der Waals surface area contributed by atoms with Crippen molar-refractivity contribution in [1.82, 2.24) is 10.2 Å². The zero-order chi connectivity index (χ0) is 6.69. The van der Waals surface area contributed by atoms with E-state index in [1.54, 1.807) is 0 Å². The number of halogens is 1. The molecule has 50 valence electrons. The average molecular weight is 191 g/mol. The monoisotopic (exact) mass is 190 g/mol. The Hall–Kier alpha value is -0.380. The Kier molecular flexibility index (Phi) is 2.22. The second kappa shape index (κ2) is 2.96. The van der Waals surface area contributed by atoms with Gasteiger partial charge in [0.2, 0.25) is 12.3 Å². The Morgan fingerprint density at radius 3 is 3.11 bits per heavy atom. The molecule has 1 aromatic heterocycles. The van der Waals surface area contributed by atoms with E-state index in [2.05, 4.69) is 26.1 Å². The van der Waals surface area contributed by atoms with Crippen LogP contribution >= 0.6 is 15.9 Å². The van der Waals surface area contributed by atoms with Crippen LogP contribution in [0.3, 0.4) is 0 Å². The fraction of sp³-hybridized carbons (Fsp3) is 0.600. The quantitative estimate of drug-likeness (QED) is 0.670. The molecule has 1 rings (SSSR count). The normalized spacial score (nSPS) is 13.6. The molecule has 0 spiro atoms. The smallest absolute Gasteiger partial charge is 0.229 e. The topological polar surface area (TPSA) is 38.9 Å². The maximum absolute atomic E-state index is 4.92. The number of aromatic nitrogens is 2. The third-order valence-electron chi connectivity index (χ3n) is 1.00. The number of hydrogen-bond acceptors (Lipinski definition) is 3. The molecular formula is C5H7BrN2O. The molecule has 1 heterocycles. The fourth-order valence-corrected chi connectivity index (χ4v) is 0.692. The van der Waals surface area contributed by atoms with Crippen LogP contribution in [0.1, 0.15) is 24.1 Å². The lowest BCUT2D eigenvalue weighted by molar-refractivity contribution is 0.488. The minimum atomic E-state index is 0.208. The van der Waals surface area contributed by atoms with Gasteiger partial charge >= 0.3 is 0 Å². The molecule has 9 heavy (non-hydrogen) atoms. The molecule has 0 aliphatic rings. The number of nitrogens with zero attached hydrogens (tertiary/aromatic N) is 2. The summed E-state index contributed by atoms with van der Waals surface area (Å²) in [5, 5.41) is 7.27. The van der Waals surface area contributed by atoms with Gasteiger partial charge in [-0.2, -0.15) is 0 Å². The first-order valence-electron chi connectivity index (χ1n) is 2.74. The first kappa shape index (κ1) is 6.74. The lowest BCUT2D eigenvalue weighted by Gasteiger charge is -1.95. The lowest BCUT2D eigenvalue weighted by atomic mass is 10.3. The van der Waals surface area contributed by atoms with E-state index < -0.39 is 0 Å². The van der Waals surface area contributed by atoms with Crippen LogP contribution in [0, 0.1) is 0 Å². The second-order valence-corrected chi connectivity index (χ2v) is 2.76. The minimum Gasteiger partial charge on any atom is -0.427 e. The highest BCUT2D eigenvalue weighted by Gasteiger charge is 2.08. The lowest BCUT2D eigenvalue weighted by Crippen LogP contribution is -1.86. The molecule has 1 aromatic rings. The van der Waals surface area contributed by atoms with E-state index >= 15 is 0 Å². The largest absolute Gasteiger partial charge is 0.427 e. The standard InChI is InChI=1S/C5H7BrN2O/c1-2-4(6)5-8-7-3-9-5/h3-4H,2H2,1H3. The SMILES string of the molecule is CCC(Br)c1nnco1. The maximum Gasteiger partial charge on any atom is 0.229 e. The van der Waals surface area contributed by atoms with Crippen molar-refractivity contribution < 1.29 is 4.42 Å². The van der Waals surface area contributed by atoms with Crippen molar-refractivity contribution in [1.29, 1.82) is 0 Å². The molecular weight excluding hydrogens is 184 g/mol. The highest BCUT2D eigenvalue weighted by molar-refractivity contribution is 9.09. The maximum atomic E-state index is 4.92. The first-order chi connectivity index (χ1) is 4.34. The summed E-state index contributed by atoms with van der Waals surface area (Å²) in [5.74, 6) is 0.650. The Morgan fingerprint density at radius 2 is 2.67 bits per heavy atom. The molecule has 0 aliphatic heterocycles. The van der Waals surface area contributed by atoms with E-state index in [1.165, 1.54) is 6.39 Å². The van der Waals surface area contributed by atoms with Crippen molar-refractivity contribution in [3.8, 4) is 0 Å². The van der Waals surface area contributed by atoms with Crippen LogP contribution in [-0.4, -0.2) is 10.2 Å². The molecule has 0 aromatic carbocycles. The van der Waals surface area contributed by atoms with Crippen LogP contribution in [0.25, 0.3) is 0 Å². The zero-order valence-electron chi connectivity index (χ0n) is 5.04. The van der Waals surface area contributed by atoms with Gasteiger partial charge in [-0.3, -0.25) is 0 Å². The second-order valence-electron chi connectivity index (χ2n) is 1.65. The van der Waals surface area contributed by atoms with Crippen molar-refractivity contribution in [2.24, 2.45) is 0 Å². The van der Waals surface area contributed by atoms with Crippen LogP contribution < -0.4 is 0 Å². The molecule has 0 amide bonds. The van der Waals surface area contributed by atoms with Gasteiger partial charge in [-0.15, -0.1) is 10.2 Å². The summed E-state index contributed by atoms with van der Waals surface area (Å²) >= 11 is 3.37. The Morgan fingerprint density at radius 1 is 1.89 bits per heavy atom. The van der Waals surface area contributed by atoms with E-state index in [-0.39, 0.29) is 4.83 Å². The summed E-state index contributed by atoms with van der Waals surface area (Å²) in [7, 11) is 0. The van der Waals surface area contributed by atoms with E-state index in [4.69, 9.17) is 4.42 Å². The van der Waals surface area contributed by atoms with Gasteiger partial charge in [0.15, 0.2) is 0 Å². The third-order valence-corrected chi connectivity index (χ3v) is 2.04. The minimum absolute atomic E-state index is 0.208. The molecule has 0 N–H and O–H groups in total. The van der Waals surface area contributed by atoms with Crippen LogP contribution in [0.4, 0.5) is 0 Å². The molecule has 0 aliphatic carbocycles. The molecule has 0 saturated carbocycles. The predicted octanol–water partition coefficient (Wildman–Crippen LogP) is 1.92. The van der Waals surface area contributed by atoms with Gasteiger partial charge in [0.05, 0.1) is 4.83 Å². The van der Waals surface area contributed by atoms with Gasteiger partial charge in [0.1, 0.15) is 0 Å². The van der Waals surface area contributed by atoms with Gasteiger partial charge in [-0.25, -0.2) is 0 Å². The summed E-state index contributed by atoms with van der Waals surface area (Å²) in [4.78, 5) is 0.208. The van der Waals surface area contributed by atoms with Crippen LogP contribution in [0.15, 0.2) is 10.8 Å². The fourth-order valence-electron chi connectivity index (χ4n) is 0.493. The van der Waals surface area contributed by atoms with Gasteiger partial charge in [0, 0.05) is 0 Å². The van der Waals surface area contributed by atoms with Crippen molar-refractivity contribution in [2.75, 3.05) is 0 Å². The highest BCUT2D eigenvalue weighted by Crippen LogP contribution is 2.22. The molecule has 0 saturated heterocycles. The summed E-state index contributed by atoms with van der Waals surface area (Å²) in [5.41, 5.74) is 0. The van der Waals surface area contributed by atoms with E-state index in [9.17, 15) is 0 Å². The molecule has 1 atom stereocenters. The molecule has 1 unspecified atom stereocenters. The average Bonchev–Trinajstić information content (AvgIpc) is 2.37. The van der Waals surface area contributed by atoms with E-state index in [1.807, 2.05) is 6.92 Å². The van der Waals surface area contributed by atoms with E-state index in [0.717, 1.165) is 6.42 Å². The highest BCUT2D eigenvalue weighted by atomic mass is 79.9. The van der Waals surface area contributed by atoms with Crippen LogP contribution in [0.5, 0.6) is 0 Å². The number of hydrogen-bond donors (Lipinski definition) is 0. The summed E-state index contributed by atoms with van der Waals surface area (Å²) < 4.78 is 4.92. The van der Waals surface area contributed by atoms with Crippen molar-refractivity contribution in [3.63, 3.8) is 0 Å². The van der Waals surface area contributed by atoms with E-state index in [0.29, 0.717) is 5.89 Å². The predicted molar refractivity (Wildman–Crippen MR) is 36.3 cm³/mol. The van der Waals surface area contributed by atoms with Crippen LogP contribution in [0.2, 0.25) is 0 Å². The summed E-state index contributed by atoms with van der Waals surface area (Å²) in [6, 6.07) is 0. The molecule has 4 heteroatoms. The van der Waals surface area contributed by atoms with Gasteiger partial charge in [-0.1, -0.05) is 22.9 Å². The van der Waals surface area contributed by atoms with Gasteiger partial charge < -0.3 is 4.42 Å². The number of alkyl halides is 1. The Bertz CT molecular complexity index is 163. The van der Waals surface area contributed by atoms with Crippen LogP contribution in [-0.2, 0) is 0 Å². The molecule has 0 bridgehead atoms. The third kappa shape index (κ3) is 1.51. The number of rotatable bonds is 2. The summed E-state index contributed by atoms with van der Waals surface area (Å²) in [6.07, 6.45) is 2.29. The van der Waals surface area contributed by atoms with Gasteiger partial charge in [-0.05, 0) is 6.42 Å². The molecule has 3 nitrogen and oxygen atoms in total. The van der Waals surface area contributed by atoms with Crippen molar-refractivity contribution in [2.45, 2.75) is 18.2 Å². The van der Waals surface area contributed by atoms with Crippen molar-refractivity contribution >= 4 is 15.9 Å². The van der Waals surface area contributed by atoms with Crippen molar-refractivity contribution in [3.05, 3.63) is 12.3 Å². The zero-order valence-corrected chi connectivity index (χ0v) is 6.63. The molecule has 0 radical (unpaired) electrons.